The van der Waals surface area contributed by atoms with Gasteiger partial charge in [-0.3, -0.25) is 0 Å². The van der Waals surface area contributed by atoms with E-state index in [9.17, 15) is 18.0 Å². The number of rotatable bonds is 5. The van der Waals surface area contributed by atoms with Gasteiger partial charge in [0.25, 0.3) is 10.0 Å². The average Bonchev–Trinajstić information content (AvgIpc) is 2.53. The van der Waals surface area contributed by atoms with Crippen LogP contribution in [0, 0.1) is 0 Å². The fourth-order valence-electron chi connectivity index (χ4n) is 1.63. The molecule has 1 aromatic carbocycles. The number of sulfonamides is 1. The van der Waals surface area contributed by atoms with Crippen molar-refractivity contribution < 1.29 is 90.2 Å². The van der Waals surface area contributed by atoms with Crippen molar-refractivity contribution in [1.82, 2.24) is 4.98 Å². The van der Waals surface area contributed by atoms with Gasteiger partial charge in [0.05, 0.1) is 4.90 Å². The number of carbonyl (C=O) groups is 2. The van der Waals surface area contributed by atoms with Crippen LogP contribution in [0.25, 0.3) is 0 Å². The Morgan fingerprint density at radius 1 is 1.00 bits per heavy atom. The third-order valence-corrected chi connectivity index (χ3v) is 3.92. The van der Waals surface area contributed by atoms with E-state index in [1.54, 1.807) is 6.07 Å². The Morgan fingerprint density at radius 2 is 1.48 bits per heavy atom. The molecule has 0 unspecified atom stereocenters. The fraction of sp³-hybridized carbons (Fsp3) is 0. The van der Waals surface area contributed by atoms with Crippen molar-refractivity contribution in [1.29, 1.82) is 0 Å². The van der Waals surface area contributed by atoms with Gasteiger partial charge in [-0.05, 0) is 29.8 Å². The van der Waals surface area contributed by atoms with E-state index in [0.29, 0.717) is 0 Å². The maximum Gasteiger partial charge on any atom is 1.00 e. The molecule has 0 bridgehead atoms. The fourth-order valence-corrected chi connectivity index (χ4v) is 2.51. The largest absolute Gasteiger partial charge is 1.00 e. The Balaban J connectivity index is -0.00000144. The van der Waals surface area contributed by atoms with Crippen LogP contribution < -0.4 is 59.1 Å². The molecule has 8 nitrogen and oxygen atoms in total. The molecule has 0 radical (unpaired) electrons. The van der Waals surface area contributed by atoms with Crippen molar-refractivity contribution in [2.24, 2.45) is 4.40 Å². The third-order valence-electron chi connectivity index (χ3n) is 2.67. The second-order valence-corrected chi connectivity index (χ2v) is 5.94. The third kappa shape index (κ3) is 6.63. The van der Waals surface area contributed by atoms with Crippen LogP contribution in [0.1, 0.15) is 29.4 Å². The number of pyridine rings is 1. The first-order valence-electron chi connectivity index (χ1n) is 6.13. The van der Waals surface area contributed by atoms with Gasteiger partial charge in [0.15, 0.2) is 0 Å². The number of benzene rings is 1. The molecule has 0 amide bonds. The summed E-state index contributed by atoms with van der Waals surface area (Å²) in [4.78, 5) is 25.3. The van der Waals surface area contributed by atoms with Crippen molar-refractivity contribution in [2.75, 3.05) is 0 Å². The summed E-state index contributed by atoms with van der Waals surface area (Å²) in [7, 11) is -3.97. The van der Waals surface area contributed by atoms with E-state index >= 15 is 0 Å². The molecule has 0 aliphatic heterocycles. The number of aromatic carboxylic acids is 2. The van der Waals surface area contributed by atoms with Crippen molar-refractivity contribution in [3.05, 3.63) is 59.4 Å². The second-order valence-electron chi connectivity index (χ2n) is 4.30. The molecule has 0 saturated heterocycles. The summed E-state index contributed by atoms with van der Waals surface area (Å²) in [6.07, 6.45) is 0.878. The first kappa shape index (κ1) is 23.9. The SMILES string of the molecule is O=C(O)c1cc(C=NS(=O)(=O)c2ccccc2)cc(C(=O)O)n1.[H-].[H-].[Na+].[Na+]. The topological polar surface area (TPSA) is 134 Å². The second kappa shape index (κ2) is 10.2. The van der Waals surface area contributed by atoms with Crippen LogP contribution in [0.2, 0.25) is 0 Å². The maximum absolute atomic E-state index is 12.0. The van der Waals surface area contributed by atoms with E-state index in [-0.39, 0.29) is 72.4 Å². The molecule has 2 N–H and O–H groups in total. The monoisotopic (exact) mass is 382 g/mol. The Hall–Kier alpha value is -1.07. The molecule has 0 aliphatic carbocycles. The van der Waals surface area contributed by atoms with Gasteiger partial charge in [0, 0.05) is 6.21 Å². The summed E-state index contributed by atoms with van der Waals surface area (Å²) >= 11 is 0. The van der Waals surface area contributed by atoms with Gasteiger partial charge >= 0.3 is 71.1 Å². The molecule has 1 aromatic heterocycles. The number of hydrogen-bond acceptors (Lipinski definition) is 5. The zero-order chi connectivity index (χ0) is 17.0. The molecule has 11 heteroatoms. The van der Waals surface area contributed by atoms with E-state index in [2.05, 4.69) is 9.38 Å². The summed E-state index contributed by atoms with van der Waals surface area (Å²) in [6.45, 7) is 0. The molecule has 0 atom stereocenters. The molecule has 0 fully saturated rings. The van der Waals surface area contributed by atoms with Crippen LogP contribution in [-0.4, -0.2) is 41.8 Å². The summed E-state index contributed by atoms with van der Waals surface area (Å²) in [5.74, 6) is -2.87. The molecule has 0 saturated carbocycles. The molecular weight excluding hydrogens is 370 g/mol. The molecule has 25 heavy (non-hydrogen) atoms. The van der Waals surface area contributed by atoms with Crippen LogP contribution in [0.4, 0.5) is 0 Å². The Bertz CT molecular complexity index is 879. The normalized spacial score (nSPS) is 10.6. The quantitative estimate of drug-likeness (QED) is 0.393. The Kier molecular flexibility index (Phi) is 9.73. The number of hydrogen-bond donors (Lipinski definition) is 2. The summed E-state index contributed by atoms with van der Waals surface area (Å²) in [5.41, 5.74) is -1.05. The van der Waals surface area contributed by atoms with Crippen molar-refractivity contribution in [3.8, 4) is 0 Å². The van der Waals surface area contributed by atoms with Crippen molar-refractivity contribution >= 4 is 28.2 Å². The number of carboxylic acid groups (broad SMARTS) is 2. The molecular formula is C14H12N2Na2O6S. The van der Waals surface area contributed by atoms with Gasteiger partial charge in [-0.15, -0.1) is 0 Å². The minimum atomic E-state index is -3.97. The van der Waals surface area contributed by atoms with Crippen LogP contribution in [0.15, 0.2) is 51.8 Å². The van der Waals surface area contributed by atoms with E-state index in [1.165, 1.54) is 24.3 Å². The van der Waals surface area contributed by atoms with Gasteiger partial charge in [-0.2, -0.15) is 12.8 Å². The summed E-state index contributed by atoms with van der Waals surface area (Å²) < 4.78 is 27.4. The average molecular weight is 382 g/mol. The van der Waals surface area contributed by atoms with Crippen molar-refractivity contribution in [3.63, 3.8) is 0 Å². The maximum atomic E-state index is 12.0. The molecule has 2 aromatic rings. The van der Waals surface area contributed by atoms with Gasteiger partial charge in [0.2, 0.25) is 0 Å². The minimum Gasteiger partial charge on any atom is -1.00 e. The van der Waals surface area contributed by atoms with Gasteiger partial charge < -0.3 is 13.1 Å². The van der Waals surface area contributed by atoms with E-state index in [0.717, 1.165) is 18.3 Å². The predicted octanol–water partition coefficient (Wildman–Crippen LogP) is -4.48. The molecule has 122 valence electrons. The molecule has 0 spiro atoms. The smallest absolute Gasteiger partial charge is 1.00 e. The Labute approximate surface area is 190 Å². The van der Waals surface area contributed by atoms with E-state index in [4.69, 9.17) is 10.2 Å². The number of carboxylic acids is 2. The molecule has 1 heterocycles. The standard InChI is InChI=1S/C14H10N2O6S.2Na.2H/c17-13(18)11-6-9(7-12(16-11)14(19)20)8-15-23(21,22)10-4-2-1-3-5-10;;;;/h1-8H,(H,17,18)(H,19,20);;;;/q;2*+1;2*-1. The predicted molar refractivity (Wildman–Crippen MR) is 81.6 cm³/mol. The van der Waals surface area contributed by atoms with Gasteiger partial charge in [-0.1, -0.05) is 18.2 Å². The first-order chi connectivity index (χ1) is 10.8. The van der Waals surface area contributed by atoms with Crippen molar-refractivity contribution in [2.45, 2.75) is 4.90 Å². The van der Waals surface area contributed by atoms with Crippen LogP contribution in [0.5, 0.6) is 0 Å². The summed E-state index contributed by atoms with van der Waals surface area (Å²) in [5, 5.41) is 17.8. The van der Waals surface area contributed by atoms with Crippen LogP contribution in [0.3, 0.4) is 0 Å². The van der Waals surface area contributed by atoms with Crippen LogP contribution >= 0.6 is 0 Å². The molecule has 2 rings (SSSR count). The zero-order valence-corrected chi connectivity index (χ0v) is 18.3. The van der Waals surface area contributed by atoms with Gasteiger partial charge in [0.1, 0.15) is 11.4 Å². The van der Waals surface area contributed by atoms with E-state index in [1.807, 2.05) is 0 Å². The number of aromatic nitrogens is 1. The zero-order valence-electron chi connectivity index (χ0n) is 15.4. The minimum absolute atomic E-state index is 0. The Morgan fingerprint density at radius 3 is 1.92 bits per heavy atom. The number of nitrogens with zero attached hydrogens (tertiary/aromatic N) is 2. The molecule has 0 aliphatic rings. The van der Waals surface area contributed by atoms with E-state index < -0.39 is 33.3 Å². The first-order valence-corrected chi connectivity index (χ1v) is 7.58. The summed E-state index contributed by atoms with van der Waals surface area (Å²) in [6, 6.07) is 9.45. The van der Waals surface area contributed by atoms with Crippen LogP contribution in [-0.2, 0) is 10.0 Å². The van der Waals surface area contributed by atoms with Gasteiger partial charge in [-0.25, -0.2) is 14.6 Å².